The molecule has 0 aliphatic rings. The summed E-state index contributed by atoms with van der Waals surface area (Å²) in [4.78, 5) is 23.1. The fourth-order valence-electron chi connectivity index (χ4n) is 1.95. The van der Waals surface area contributed by atoms with Gasteiger partial charge >= 0.3 is 0 Å². The first-order valence-corrected chi connectivity index (χ1v) is 7.02. The van der Waals surface area contributed by atoms with Gasteiger partial charge in [0.05, 0.1) is 12.7 Å². The fraction of sp³-hybridized carbons (Fsp3) is 0.0526. The molecule has 1 radical (unpaired) electrons. The molecule has 5 nitrogen and oxygen atoms in total. The average Bonchev–Trinajstić information content (AvgIpc) is 2.60. The Hall–Kier alpha value is -3.34. The Morgan fingerprint density at radius 1 is 1.08 bits per heavy atom. The van der Waals surface area contributed by atoms with Crippen LogP contribution in [0.1, 0.15) is 11.1 Å². The Bertz CT molecular complexity index is 801. The van der Waals surface area contributed by atoms with Crippen molar-refractivity contribution < 1.29 is 24.5 Å². The summed E-state index contributed by atoms with van der Waals surface area (Å²) < 4.78 is 4.99. The van der Waals surface area contributed by atoms with Crippen molar-refractivity contribution in [2.24, 2.45) is 0 Å². The minimum Gasteiger partial charge on any atom is -0.508 e. The third kappa shape index (κ3) is 4.33. The maximum atomic E-state index is 12.1. The van der Waals surface area contributed by atoms with Gasteiger partial charge in [0.2, 0.25) is 6.29 Å². The van der Waals surface area contributed by atoms with E-state index in [-0.39, 0.29) is 22.8 Å². The van der Waals surface area contributed by atoms with Crippen LogP contribution in [0, 0.1) is 0 Å². The number of ketones is 1. The van der Waals surface area contributed by atoms with Crippen LogP contribution in [0.4, 0.5) is 0 Å². The number of allylic oxidation sites excluding steroid dienone is 2. The highest BCUT2D eigenvalue weighted by Gasteiger charge is 2.07. The zero-order valence-electron chi connectivity index (χ0n) is 12.9. The summed E-state index contributed by atoms with van der Waals surface area (Å²) in [5, 5.41) is 18.8. The van der Waals surface area contributed by atoms with Crippen molar-refractivity contribution in [2.75, 3.05) is 7.11 Å². The number of benzene rings is 2. The summed E-state index contributed by atoms with van der Waals surface area (Å²) in [5.41, 5.74) is 1.09. The van der Waals surface area contributed by atoms with E-state index in [0.717, 1.165) is 0 Å². The summed E-state index contributed by atoms with van der Waals surface area (Å²) in [5.74, 6) is -0.136. The molecule has 2 aromatic rings. The van der Waals surface area contributed by atoms with Gasteiger partial charge in [-0.15, -0.1) is 0 Å². The van der Waals surface area contributed by atoms with Crippen molar-refractivity contribution in [1.82, 2.24) is 0 Å². The Labute approximate surface area is 139 Å². The lowest BCUT2D eigenvalue weighted by Crippen LogP contribution is -1.99. The van der Waals surface area contributed by atoms with E-state index in [0.29, 0.717) is 11.1 Å². The summed E-state index contributed by atoms with van der Waals surface area (Å²) in [6, 6.07) is 10.7. The number of methoxy groups -OCH3 is 1. The number of phenolic OH excluding ortho intramolecular Hbond substituents is 2. The van der Waals surface area contributed by atoms with E-state index in [1.165, 1.54) is 43.5 Å². The molecule has 0 spiro atoms. The molecule has 121 valence electrons. The molecule has 2 aromatic carbocycles. The minimum absolute atomic E-state index is 0.00452. The summed E-state index contributed by atoms with van der Waals surface area (Å²) >= 11 is 0. The molecular weight excluding hydrogens is 308 g/mol. The Morgan fingerprint density at radius 2 is 1.75 bits per heavy atom. The third-order valence-electron chi connectivity index (χ3n) is 3.21. The molecule has 0 unspecified atom stereocenters. The molecule has 0 fully saturated rings. The SMILES string of the molecule is COc1cc(C=CC(=O)C([C]=O)=Cc2ccc(O)cc2)ccc1O. The predicted octanol–water partition coefficient (Wildman–Crippen LogP) is 2.88. The van der Waals surface area contributed by atoms with E-state index in [9.17, 15) is 19.8 Å². The molecule has 0 saturated carbocycles. The molecule has 0 aromatic heterocycles. The second-order valence-electron chi connectivity index (χ2n) is 4.88. The second kappa shape index (κ2) is 7.78. The topological polar surface area (TPSA) is 83.8 Å². The molecule has 0 bridgehead atoms. The van der Waals surface area contributed by atoms with E-state index in [2.05, 4.69) is 0 Å². The van der Waals surface area contributed by atoms with Gasteiger partial charge in [-0.3, -0.25) is 9.59 Å². The largest absolute Gasteiger partial charge is 0.508 e. The average molecular weight is 323 g/mol. The highest BCUT2D eigenvalue weighted by Crippen LogP contribution is 2.26. The first kappa shape index (κ1) is 17.0. The Morgan fingerprint density at radius 3 is 2.38 bits per heavy atom. The summed E-state index contributed by atoms with van der Waals surface area (Å²) in [6.45, 7) is 0. The van der Waals surface area contributed by atoms with Crippen molar-refractivity contribution in [3.8, 4) is 17.2 Å². The van der Waals surface area contributed by atoms with E-state index < -0.39 is 5.78 Å². The molecule has 0 heterocycles. The molecule has 2 rings (SSSR count). The van der Waals surface area contributed by atoms with Gasteiger partial charge in [0, 0.05) is 0 Å². The first-order chi connectivity index (χ1) is 11.5. The van der Waals surface area contributed by atoms with Gasteiger partial charge in [0.1, 0.15) is 5.75 Å². The van der Waals surface area contributed by atoms with E-state index >= 15 is 0 Å². The quantitative estimate of drug-likeness (QED) is 0.485. The number of rotatable bonds is 6. The van der Waals surface area contributed by atoms with Crippen molar-refractivity contribution in [1.29, 1.82) is 0 Å². The number of phenols is 2. The van der Waals surface area contributed by atoms with E-state index in [1.54, 1.807) is 30.6 Å². The van der Waals surface area contributed by atoms with Crippen molar-refractivity contribution in [3.05, 3.63) is 65.2 Å². The van der Waals surface area contributed by atoms with Gasteiger partial charge in [0.25, 0.3) is 0 Å². The van der Waals surface area contributed by atoms with Crippen LogP contribution < -0.4 is 4.74 Å². The van der Waals surface area contributed by atoms with Gasteiger partial charge in [-0.05, 0) is 47.5 Å². The number of carbonyl (C=O) groups excluding carboxylic acids is 2. The smallest absolute Gasteiger partial charge is 0.237 e. The number of hydrogen-bond donors (Lipinski definition) is 2. The van der Waals surface area contributed by atoms with Crippen molar-refractivity contribution >= 4 is 24.2 Å². The highest BCUT2D eigenvalue weighted by atomic mass is 16.5. The summed E-state index contributed by atoms with van der Waals surface area (Å²) in [7, 11) is 1.42. The van der Waals surface area contributed by atoms with E-state index in [1.807, 2.05) is 0 Å². The maximum absolute atomic E-state index is 12.1. The maximum Gasteiger partial charge on any atom is 0.237 e. The zero-order valence-corrected chi connectivity index (χ0v) is 12.9. The van der Waals surface area contributed by atoms with Crippen molar-refractivity contribution in [3.63, 3.8) is 0 Å². The number of carbonyl (C=O) groups is 1. The minimum atomic E-state index is -0.509. The molecule has 0 saturated heterocycles. The molecule has 0 aliphatic carbocycles. The van der Waals surface area contributed by atoms with Crippen LogP contribution in [0.15, 0.2) is 54.1 Å². The standard InChI is InChI=1S/C19H15O5/c1-24-19-11-14(5-9-18(19)23)4-8-17(22)15(12-20)10-13-2-6-16(21)7-3-13/h2-11,21,23H,1H3. The second-order valence-corrected chi connectivity index (χ2v) is 4.88. The molecule has 5 heteroatoms. The van der Waals surface area contributed by atoms with Crippen LogP contribution in [0.2, 0.25) is 0 Å². The Kier molecular flexibility index (Phi) is 5.52. The van der Waals surface area contributed by atoms with Gasteiger partial charge in [-0.2, -0.15) is 0 Å². The summed E-state index contributed by atoms with van der Waals surface area (Å²) in [6.07, 6.45) is 5.75. The number of aromatic hydroxyl groups is 2. The molecule has 2 N–H and O–H groups in total. The lowest BCUT2D eigenvalue weighted by atomic mass is 10.1. The third-order valence-corrected chi connectivity index (χ3v) is 3.21. The molecule has 0 aliphatic heterocycles. The van der Waals surface area contributed by atoms with Crippen LogP contribution in [0.3, 0.4) is 0 Å². The van der Waals surface area contributed by atoms with Crippen LogP contribution in [0.25, 0.3) is 12.2 Å². The van der Waals surface area contributed by atoms with Gasteiger partial charge in [-0.25, -0.2) is 0 Å². The van der Waals surface area contributed by atoms with Gasteiger partial charge < -0.3 is 14.9 Å². The number of ether oxygens (including phenoxy) is 1. The van der Waals surface area contributed by atoms with Crippen LogP contribution >= 0.6 is 0 Å². The first-order valence-electron chi connectivity index (χ1n) is 7.02. The van der Waals surface area contributed by atoms with Crippen molar-refractivity contribution in [2.45, 2.75) is 0 Å². The monoisotopic (exact) mass is 323 g/mol. The Balaban J connectivity index is 2.20. The normalized spacial score (nSPS) is 11.5. The van der Waals surface area contributed by atoms with Crippen LogP contribution in [0.5, 0.6) is 17.2 Å². The molecule has 0 atom stereocenters. The van der Waals surface area contributed by atoms with Gasteiger partial charge in [0.15, 0.2) is 17.3 Å². The van der Waals surface area contributed by atoms with Crippen LogP contribution in [-0.4, -0.2) is 29.4 Å². The molecule has 0 amide bonds. The lowest BCUT2D eigenvalue weighted by molar-refractivity contribution is -0.110. The van der Waals surface area contributed by atoms with Gasteiger partial charge in [-0.1, -0.05) is 24.3 Å². The predicted molar refractivity (Wildman–Crippen MR) is 90.5 cm³/mol. The fourth-order valence-corrected chi connectivity index (χ4v) is 1.95. The number of hydrogen-bond acceptors (Lipinski definition) is 5. The molecular formula is C19H15O5. The van der Waals surface area contributed by atoms with E-state index in [4.69, 9.17) is 4.74 Å². The van der Waals surface area contributed by atoms with Crippen LogP contribution in [-0.2, 0) is 9.59 Å². The highest BCUT2D eigenvalue weighted by molar-refractivity contribution is 6.21. The lowest BCUT2D eigenvalue weighted by Gasteiger charge is -2.03. The zero-order chi connectivity index (χ0) is 17.5. The molecule has 24 heavy (non-hydrogen) atoms.